The van der Waals surface area contributed by atoms with Crippen LogP contribution in [-0.4, -0.2) is 26.5 Å². The first-order valence-electron chi connectivity index (χ1n) is 8.94. The molecule has 1 aliphatic rings. The highest BCUT2D eigenvalue weighted by Crippen LogP contribution is 2.35. The molecule has 150 valence electrons. The summed E-state index contributed by atoms with van der Waals surface area (Å²) in [6.07, 6.45) is 0.695. The molecule has 9 nitrogen and oxygen atoms in total. The van der Waals surface area contributed by atoms with E-state index in [0.717, 1.165) is 5.56 Å². The Hall–Kier alpha value is -3.11. The molecule has 0 spiro atoms. The minimum atomic E-state index is -0.437. The number of non-ortho nitro benzene ring substituents is 1. The fourth-order valence-electron chi connectivity index (χ4n) is 3.13. The van der Waals surface area contributed by atoms with Crippen molar-refractivity contribution in [3.8, 4) is 5.75 Å². The standard InChI is InChI=1S/C19H18N4O5S/c24-18-20-21-19(22(18)7-6-13-4-2-1-3-5-13)29-11-15-9-16(23(25)26)8-14-10-27-12-28-17(14)15/h1-5,8-9H,6-7,10-12H2,(H,20,24). The molecular weight excluding hydrogens is 396 g/mol. The van der Waals surface area contributed by atoms with Gasteiger partial charge < -0.3 is 9.47 Å². The minimum Gasteiger partial charge on any atom is -0.467 e. The largest absolute Gasteiger partial charge is 0.467 e. The van der Waals surface area contributed by atoms with Gasteiger partial charge >= 0.3 is 5.69 Å². The third kappa shape index (κ3) is 4.33. The monoisotopic (exact) mass is 414 g/mol. The van der Waals surface area contributed by atoms with Crippen LogP contribution in [0, 0.1) is 10.1 Å². The number of rotatable bonds is 7. The van der Waals surface area contributed by atoms with Crippen LogP contribution in [0.15, 0.2) is 52.4 Å². The highest BCUT2D eigenvalue weighted by Gasteiger charge is 2.21. The Kier molecular flexibility index (Phi) is 5.63. The molecule has 0 fully saturated rings. The Labute approximate surface area is 169 Å². The molecule has 0 aliphatic carbocycles. The molecule has 3 aromatic rings. The number of ether oxygens (including phenoxy) is 2. The first-order valence-corrected chi connectivity index (χ1v) is 9.93. The second-order valence-electron chi connectivity index (χ2n) is 6.45. The number of H-pyrrole nitrogens is 1. The van der Waals surface area contributed by atoms with Gasteiger partial charge in [-0.05, 0) is 12.0 Å². The lowest BCUT2D eigenvalue weighted by Gasteiger charge is -2.20. The molecule has 4 rings (SSSR count). The van der Waals surface area contributed by atoms with Crippen molar-refractivity contribution in [1.82, 2.24) is 14.8 Å². The van der Waals surface area contributed by atoms with E-state index >= 15 is 0 Å². The van der Waals surface area contributed by atoms with Crippen LogP contribution in [0.25, 0.3) is 0 Å². The summed E-state index contributed by atoms with van der Waals surface area (Å²) in [4.78, 5) is 23.0. The van der Waals surface area contributed by atoms with Crippen molar-refractivity contribution in [2.24, 2.45) is 0 Å². The predicted molar refractivity (Wildman–Crippen MR) is 106 cm³/mol. The number of hydrogen-bond acceptors (Lipinski definition) is 7. The topological polar surface area (TPSA) is 112 Å². The van der Waals surface area contributed by atoms with Crippen LogP contribution in [0.3, 0.4) is 0 Å². The van der Waals surface area contributed by atoms with Crippen molar-refractivity contribution in [3.05, 3.63) is 79.8 Å². The molecule has 1 aliphatic heterocycles. The van der Waals surface area contributed by atoms with Crippen LogP contribution >= 0.6 is 11.8 Å². The molecule has 0 unspecified atom stereocenters. The summed E-state index contributed by atoms with van der Waals surface area (Å²) in [7, 11) is 0. The average molecular weight is 414 g/mol. The number of thioether (sulfide) groups is 1. The SMILES string of the molecule is O=c1[nH]nc(SCc2cc([N+](=O)[O-])cc3c2OCOC3)n1CCc1ccccc1. The Bertz CT molecular complexity index is 1080. The number of benzene rings is 2. The lowest BCUT2D eigenvalue weighted by atomic mass is 10.1. The van der Waals surface area contributed by atoms with Crippen molar-refractivity contribution in [1.29, 1.82) is 0 Å². The van der Waals surface area contributed by atoms with Crippen LogP contribution in [0.5, 0.6) is 5.75 Å². The fourth-order valence-corrected chi connectivity index (χ4v) is 4.07. The van der Waals surface area contributed by atoms with Gasteiger partial charge in [0.1, 0.15) is 5.75 Å². The second kappa shape index (κ2) is 8.50. The smallest absolute Gasteiger partial charge is 0.343 e. The van der Waals surface area contributed by atoms with E-state index in [-0.39, 0.29) is 24.8 Å². The van der Waals surface area contributed by atoms with Gasteiger partial charge in [-0.25, -0.2) is 9.89 Å². The van der Waals surface area contributed by atoms with Crippen LogP contribution in [-0.2, 0) is 30.1 Å². The Morgan fingerprint density at radius 1 is 1.28 bits per heavy atom. The highest BCUT2D eigenvalue weighted by molar-refractivity contribution is 7.98. The van der Waals surface area contributed by atoms with Gasteiger partial charge in [0.15, 0.2) is 11.9 Å². The van der Waals surface area contributed by atoms with E-state index in [1.807, 2.05) is 30.3 Å². The summed E-state index contributed by atoms with van der Waals surface area (Å²) in [5.41, 5.74) is 2.14. The highest BCUT2D eigenvalue weighted by atomic mass is 32.2. The number of aromatic amines is 1. The average Bonchev–Trinajstić information content (AvgIpc) is 3.10. The summed E-state index contributed by atoms with van der Waals surface area (Å²) in [6, 6.07) is 12.8. The van der Waals surface area contributed by atoms with Gasteiger partial charge in [-0.3, -0.25) is 14.7 Å². The Balaban J connectivity index is 1.53. The van der Waals surface area contributed by atoms with Crippen LogP contribution in [0.4, 0.5) is 5.69 Å². The molecule has 0 radical (unpaired) electrons. The van der Waals surface area contributed by atoms with Gasteiger partial charge in [-0.2, -0.15) is 0 Å². The van der Waals surface area contributed by atoms with E-state index in [0.29, 0.717) is 40.8 Å². The van der Waals surface area contributed by atoms with Crippen molar-refractivity contribution < 1.29 is 14.4 Å². The number of aromatic nitrogens is 3. The van der Waals surface area contributed by atoms with Gasteiger partial charge in [0, 0.05) is 35.6 Å². The summed E-state index contributed by atoms with van der Waals surface area (Å²) < 4.78 is 12.4. The summed E-state index contributed by atoms with van der Waals surface area (Å²) in [6.45, 7) is 0.852. The van der Waals surface area contributed by atoms with Crippen molar-refractivity contribution >= 4 is 17.4 Å². The van der Waals surface area contributed by atoms with E-state index in [9.17, 15) is 14.9 Å². The molecule has 0 atom stereocenters. The predicted octanol–water partition coefficient (Wildman–Crippen LogP) is 2.88. The van der Waals surface area contributed by atoms with Gasteiger partial charge in [0.05, 0.1) is 11.5 Å². The molecule has 0 saturated heterocycles. The summed E-state index contributed by atoms with van der Waals surface area (Å²) in [5.74, 6) is 0.975. The van der Waals surface area contributed by atoms with E-state index in [1.54, 1.807) is 4.57 Å². The number of fused-ring (bicyclic) bond motifs is 1. The van der Waals surface area contributed by atoms with E-state index in [2.05, 4.69) is 10.2 Å². The van der Waals surface area contributed by atoms with Gasteiger partial charge in [0.25, 0.3) is 5.69 Å². The fraction of sp³-hybridized carbons (Fsp3) is 0.263. The maximum Gasteiger partial charge on any atom is 0.343 e. The van der Waals surface area contributed by atoms with E-state index < -0.39 is 4.92 Å². The van der Waals surface area contributed by atoms with Gasteiger partial charge in [0.2, 0.25) is 0 Å². The molecule has 0 saturated carbocycles. The molecule has 0 amide bonds. The van der Waals surface area contributed by atoms with Crippen LogP contribution in [0.2, 0.25) is 0 Å². The molecule has 1 aromatic heterocycles. The zero-order valence-corrected chi connectivity index (χ0v) is 16.2. The Morgan fingerprint density at radius 2 is 2.10 bits per heavy atom. The quantitative estimate of drug-likeness (QED) is 0.359. The number of hydrogen-bond donors (Lipinski definition) is 1. The van der Waals surface area contributed by atoms with Crippen molar-refractivity contribution in [2.75, 3.05) is 6.79 Å². The van der Waals surface area contributed by atoms with Crippen molar-refractivity contribution in [2.45, 2.75) is 30.5 Å². The zero-order valence-electron chi connectivity index (χ0n) is 15.4. The molecule has 2 heterocycles. The Morgan fingerprint density at radius 3 is 2.90 bits per heavy atom. The molecule has 10 heteroatoms. The first-order chi connectivity index (χ1) is 14.1. The zero-order chi connectivity index (χ0) is 20.2. The molecule has 2 aromatic carbocycles. The molecule has 29 heavy (non-hydrogen) atoms. The van der Waals surface area contributed by atoms with Crippen LogP contribution < -0.4 is 10.4 Å². The van der Waals surface area contributed by atoms with Gasteiger partial charge in [-0.1, -0.05) is 42.1 Å². The molecule has 0 bridgehead atoms. The van der Waals surface area contributed by atoms with E-state index in [4.69, 9.17) is 9.47 Å². The number of nitrogens with one attached hydrogen (secondary N) is 1. The third-order valence-corrected chi connectivity index (χ3v) is 5.55. The number of aryl methyl sites for hydroxylation is 1. The van der Waals surface area contributed by atoms with Gasteiger partial charge in [-0.15, -0.1) is 5.10 Å². The first kappa shape index (κ1) is 19.2. The molecular formula is C19H18N4O5S. The lowest BCUT2D eigenvalue weighted by molar-refractivity contribution is -0.385. The maximum absolute atomic E-state index is 12.1. The van der Waals surface area contributed by atoms with Crippen molar-refractivity contribution in [3.63, 3.8) is 0 Å². The van der Waals surface area contributed by atoms with Crippen LogP contribution in [0.1, 0.15) is 16.7 Å². The number of nitrogens with zero attached hydrogens (tertiary/aromatic N) is 3. The lowest BCUT2D eigenvalue weighted by Crippen LogP contribution is -2.19. The van der Waals surface area contributed by atoms with E-state index in [1.165, 1.54) is 23.9 Å². The maximum atomic E-state index is 12.1. The normalized spacial score (nSPS) is 13.0. The number of nitro groups is 1. The molecule has 1 N–H and O–H groups in total. The minimum absolute atomic E-state index is 0.0167. The second-order valence-corrected chi connectivity index (χ2v) is 7.39. The summed E-state index contributed by atoms with van der Waals surface area (Å²) in [5, 5.41) is 18.4. The number of nitro benzene ring substituents is 1. The third-order valence-electron chi connectivity index (χ3n) is 4.53. The summed E-state index contributed by atoms with van der Waals surface area (Å²) >= 11 is 1.33.